The molecule has 0 unspecified atom stereocenters. The van der Waals surface area contributed by atoms with Gasteiger partial charge in [0.1, 0.15) is 0 Å². The minimum atomic E-state index is -3.39. The first-order valence-electron chi connectivity index (χ1n) is 8.44. The van der Waals surface area contributed by atoms with E-state index >= 15 is 0 Å². The van der Waals surface area contributed by atoms with E-state index in [1.807, 2.05) is 34.6 Å². The minimum Gasteiger partial charge on any atom is -0.481 e. The highest BCUT2D eigenvalue weighted by atomic mass is 28.4. The quantitative estimate of drug-likeness (QED) is 0.439. The topological polar surface area (TPSA) is 52.6 Å². The molecule has 0 amide bonds. The Morgan fingerprint density at radius 3 is 1.50 bits per heavy atom. The Morgan fingerprint density at radius 1 is 0.958 bits per heavy atom. The number of carbonyl (C=O) groups is 2. The van der Waals surface area contributed by atoms with Crippen LogP contribution in [0.3, 0.4) is 0 Å². The molecule has 0 N–H and O–H groups in total. The van der Waals surface area contributed by atoms with Gasteiger partial charge in [0.25, 0.3) is 0 Å². The maximum Gasteiger partial charge on any atom is 0.476 e. The number of rotatable bonds is 8. The molecule has 138 valence electrons. The van der Waals surface area contributed by atoms with Gasteiger partial charge in [-0.3, -0.25) is 0 Å². The Morgan fingerprint density at radius 2 is 1.29 bits per heavy atom. The van der Waals surface area contributed by atoms with Crippen LogP contribution in [0.2, 0.25) is 10.1 Å². The van der Waals surface area contributed by atoms with Gasteiger partial charge in [-0.15, -0.1) is 0 Å². The molecule has 0 aromatic rings. The fraction of sp³-hybridized carbons (Fsp3) is 0.684. The SMILES string of the molecule is C=C(C)C(=O)O[Si](OC(=O)C(=C)C)(C(C)(C)CC)C(C)(C)C(C)C. The first kappa shape index (κ1) is 22.6. The standard InChI is InChI=1S/C19H34O4Si/c1-12-18(8,9)24(19(10,11)15(6)7,22-16(20)13(2)3)23-17(21)14(4)5/h15H,2,4,12H2,1,3,5-11H3. The van der Waals surface area contributed by atoms with Crippen LogP contribution in [0.5, 0.6) is 0 Å². The van der Waals surface area contributed by atoms with Crippen molar-refractivity contribution >= 4 is 20.5 Å². The summed E-state index contributed by atoms with van der Waals surface area (Å²) in [6, 6.07) is 0. The molecule has 0 atom stereocenters. The summed E-state index contributed by atoms with van der Waals surface area (Å²) in [5.41, 5.74) is 0.592. The van der Waals surface area contributed by atoms with Crippen LogP contribution in [0.15, 0.2) is 24.3 Å². The molecule has 0 bridgehead atoms. The van der Waals surface area contributed by atoms with Crippen LogP contribution < -0.4 is 0 Å². The van der Waals surface area contributed by atoms with E-state index in [0.29, 0.717) is 17.6 Å². The highest BCUT2D eigenvalue weighted by Gasteiger charge is 2.67. The van der Waals surface area contributed by atoms with Gasteiger partial charge in [-0.25, -0.2) is 9.59 Å². The van der Waals surface area contributed by atoms with Gasteiger partial charge in [-0.1, -0.05) is 61.6 Å². The molecule has 0 heterocycles. The van der Waals surface area contributed by atoms with Gasteiger partial charge in [0.2, 0.25) is 0 Å². The van der Waals surface area contributed by atoms with E-state index in [1.54, 1.807) is 13.8 Å². The molecule has 0 aliphatic carbocycles. The molecule has 0 rings (SSSR count). The third kappa shape index (κ3) is 4.18. The third-order valence-corrected chi connectivity index (χ3v) is 10.6. The zero-order valence-electron chi connectivity index (χ0n) is 16.8. The highest BCUT2D eigenvalue weighted by molar-refractivity contribution is 6.76. The van der Waals surface area contributed by atoms with Crippen LogP contribution in [0.1, 0.15) is 68.7 Å². The van der Waals surface area contributed by atoms with Crippen LogP contribution in [0.4, 0.5) is 0 Å². The van der Waals surface area contributed by atoms with E-state index in [9.17, 15) is 9.59 Å². The zero-order chi connectivity index (χ0) is 19.5. The number of carbonyl (C=O) groups excluding carboxylic acids is 2. The Balaban J connectivity index is 6.53. The summed E-state index contributed by atoms with van der Waals surface area (Å²) in [4.78, 5) is 24.9. The van der Waals surface area contributed by atoms with Crippen molar-refractivity contribution in [2.75, 3.05) is 0 Å². The smallest absolute Gasteiger partial charge is 0.476 e. The average Bonchev–Trinajstić information content (AvgIpc) is 2.45. The summed E-state index contributed by atoms with van der Waals surface area (Å²) in [5, 5.41) is -0.972. The first-order valence-corrected chi connectivity index (χ1v) is 10.3. The molecule has 5 heteroatoms. The maximum absolute atomic E-state index is 12.4. The molecule has 0 saturated carbocycles. The maximum atomic E-state index is 12.4. The normalized spacial score (nSPS) is 12.8. The molecular weight excluding hydrogens is 320 g/mol. The van der Waals surface area contributed by atoms with Crippen LogP contribution >= 0.6 is 0 Å². The average molecular weight is 355 g/mol. The van der Waals surface area contributed by atoms with Crippen molar-refractivity contribution in [3.63, 3.8) is 0 Å². The van der Waals surface area contributed by atoms with Crippen molar-refractivity contribution in [2.24, 2.45) is 5.92 Å². The number of hydrogen-bond donors (Lipinski definition) is 0. The molecule has 4 nitrogen and oxygen atoms in total. The third-order valence-electron chi connectivity index (χ3n) is 5.24. The second-order valence-corrected chi connectivity index (χ2v) is 12.4. The Hall–Kier alpha value is -1.36. The Labute approximate surface area is 148 Å². The van der Waals surface area contributed by atoms with Gasteiger partial charge in [0.05, 0.1) is 0 Å². The van der Waals surface area contributed by atoms with E-state index in [1.165, 1.54) is 0 Å². The van der Waals surface area contributed by atoms with Crippen LogP contribution in [0.25, 0.3) is 0 Å². The lowest BCUT2D eigenvalue weighted by Gasteiger charge is -2.51. The molecule has 0 aliphatic rings. The molecule has 0 saturated heterocycles. The summed E-state index contributed by atoms with van der Waals surface area (Å²) in [6.45, 7) is 24.7. The van der Waals surface area contributed by atoms with Crippen LogP contribution in [-0.2, 0) is 18.4 Å². The highest BCUT2D eigenvalue weighted by Crippen LogP contribution is 2.58. The molecule has 0 aliphatic heterocycles. The van der Waals surface area contributed by atoms with Gasteiger partial charge in [-0.05, 0) is 26.2 Å². The summed E-state index contributed by atoms with van der Waals surface area (Å²) in [7, 11) is -3.39. The first-order chi connectivity index (χ1) is 10.7. The lowest BCUT2D eigenvalue weighted by Crippen LogP contribution is -2.62. The van der Waals surface area contributed by atoms with Crippen molar-refractivity contribution in [2.45, 2.75) is 78.8 Å². The van der Waals surface area contributed by atoms with Crippen molar-refractivity contribution < 1.29 is 18.4 Å². The summed E-state index contributed by atoms with van der Waals surface area (Å²) in [6.07, 6.45) is 0.711. The van der Waals surface area contributed by atoms with E-state index in [4.69, 9.17) is 8.85 Å². The lowest BCUT2D eigenvalue weighted by atomic mass is 9.99. The monoisotopic (exact) mass is 354 g/mol. The van der Waals surface area contributed by atoms with Crippen molar-refractivity contribution in [1.82, 2.24) is 0 Å². The van der Waals surface area contributed by atoms with Gasteiger partial charge in [0.15, 0.2) is 0 Å². The molecule has 0 aromatic heterocycles. The second-order valence-electron chi connectivity index (χ2n) is 8.07. The largest absolute Gasteiger partial charge is 0.481 e. The van der Waals surface area contributed by atoms with Crippen molar-refractivity contribution in [1.29, 1.82) is 0 Å². The summed E-state index contributed by atoms with van der Waals surface area (Å²) >= 11 is 0. The fourth-order valence-electron chi connectivity index (χ4n) is 2.48. The van der Waals surface area contributed by atoms with Crippen LogP contribution in [0, 0.1) is 5.92 Å². The molecule has 24 heavy (non-hydrogen) atoms. The van der Waals surface area contributed by atoms with E-state index < -0.39 is 30.6 Å². The van der Waals surface area contributed by atoms with Crippen molar-refractivity contribution in [3.8, 4) is 0 Å². The summed E-state index contributed by atoms with van der Waals surface area (Å²) in [5.74, 6) is -0.872. The number of hydrogen-bond acceptors (Lipinski definition) is 4. The van der Waals surface area contributed by atoms with E-state index in [0.717, 1.165) is 0 Å². The van der Waals surface area contributed by atoms with Crippen LogP contribution in [-0.4, -0.2) is 20.5 Å². The molecule has 0 radical (unpaired) electrons. The van der Waals surface area contributed by atoms with Gasteiger partial charge in [0, 0.05) is 21.2 Å². The summed E-state index contributed by atoms with van der Waals surface area (Å²) < 4.78 is 12.0. The van der Waals surface area contributed by atoms with E-state index in [2.05, 4.69) is 27.0 Å². The van der Waals surface area contributed by atoms with E-state index in [-0.39, 0.29) is 5.92 Å². The molecular formula is C19H34O4Si. The molecule has 0 spiro atoms. The van der Waals surface area contributed by atoms with Gasteiger partial charge >= 0.3 is 20.5 Å². The molecule has 0 fully saturated rings. The van der Waals surface area contributed by atoms with Gasteiger partial charge in [-0.2, -0.15) is 0 Å². The second kappa shape index (κ2) is 7.68. The van der Waals surface area contributed by atoms with Crippen molar-refractivity contribution in [3.05, 3.63) is 24.3 Å². The lowest BCUT2D eigenvalue weighted by molar-refractivity contribution is -0.139. The predicted octanol–water partition coefficient (Wildman–Crippen LogP) is 5.29. The fourth-order valence-corrected chi connectivity index (χ4v) is 7.44. The molecule has 0 aromatic carbocycles. The minimum absolute atomic E-state index is 0.144. The predicted molar refractivity (Wildman–Crippen MR) is 101 cm³/mol. The zero-order valence-corrected chi connectivity index (χ0v) is 17.8. The van der Waals surface area contributed by atoms with Gasteiger partial charge < -0.3 is 8.85 Å². The Kier molecular flexibility index (Phi) is 7.24. The Bertz CT molecular complexity index is 501.